The third kappa shape index (κ3) is 3.67. The van der Waals surface area contributed by atoms with Crippen molar-refractivity contribution in [2.45, 2.75) is 58.1 Å². The van der Waals surface area contributed by atoms with Crippen LogP contribution in [0.15, 0.2) is 0 Å². The van der Waals surface area contributed by atoms with E-state index in [9.17, 15) is 4.79 Å². The smallest absolute Gasteiger partial charge is 0.410 e. The average molecular weight is 230 g/mol. The highest BCUT2D eigenvalue weighted by Gasteiger charge is 2.27. The molecule has 0 saturated carbocycles. The highest BCUT2D eigenvalue weighted by Crippen LogP contribution is 2.20. The van der Waals surface area contributed by atoms with E-state index in [1.54, 1.807) is 4.90 Å². The molecule has 1 fully saturated rings. The molecule has 1 heterocycles. The van der Waals surface area contributed by atoms with Gasteiger partial charge in [-0.3, -0.25) is 0 Å². The summed E-state index contributed by atoms with van der Waals surface area (Å²) in [6, 6.07) is 0.172. The summed E-state index contributed by atoms with van der Waals surface area (Å²) in [7, 11) is 0. The van der Waals surface area contributed by atoms with Crippen molar-refractivity contribution < 1.29 is 14.6 Å². The first-order chi connectivity index (χ1) is 8.19. The van der Waals surface area contributed by atoms with Gasteiger partial charge >= 0.3 is 6.09 Å². The Balaban J connectivity index is 2.48. The van der Waals surface area contributed by atoms with Gasteiger partial charge in [0.25, 0.3) is 0 Å². The minimum atomic E-state index is -0.214. The third-order valence-corrected chi connectivity index (χ3v) is 3.19. The van der Waals surface area contributed by atoms with Crippen molar-refractivity contribution in [1.29, 1.82) is 1.43 Å². The lowest BCUT2D eigenvalue weighted by Gasteiger charge is -2.35. The van der Waals surface area contributed by atoms with Crippen LogP contribution in [0.2, 0.25) is 0 Å². The largest absolute Gasteiger partial charge is 0.446 e. The molecule has 0 aromatic rings. The van der Waals surface area contributed by atoms with Crippen molar-refractivity contribution in [1.82, 2.24) is 4.90 Å². The molecular weight excluding hydrogens is 206 g/mol. The van der Waals surface area contributed by atoms with Crippen LogP contribution in [-0.4, -0.2) is 42.8 Å². The normalized spacial score (nSPS) is 23.8. The lowest BCUT2D eigenvalue weighted by molar-refractivity contribution is 0.0413. The Bertz CT molecular complexity index is 238. The fourth-order valence-corrected chi connectivity index (χ4v) is 2.00. The zero-order valence-electron chi connectivity index (χ0n) is 11.3. The number of piperidine rings is 1. The van der Waals surface area contributed by atoms with Crippen LogP contribution in [0.5, 0.6) is 0 Å². The molecule has 4 nitrogen and oxygen atoms in total. The number of ether oxygens (including phenoxy) is 1. The molecule has 94 valence electrons. The van der Waals surface area contributed by atoms with E-state index in [2.05, 4.69) is 5.11 Å². The van der Waals surface area contributed by atoms with Gasteiger partial charge in [0, 0.05) is 19.2 Å². The number of hydrogen-bond acceptors (Lipinski definition) is 3. The molecule has 0 radical (unpaired) electrons. The maximum Gasteiger partial charge on any atom is 0.410 e. The molecule has 1 rings (SSSR count). The number of aliphatic hydroxyl groups is 1. The summed E-state index contributed by atoms with van der Waals surface area (Å²) < 4.78 is 12.1. The second-order valence-electron chi connectivity index (χ2n) is 4.44. The molecule has 1 aliphatic heterocycles. The predicted octanol–water partition coefficient (Wildman–Crippen LogP) is 2.16. The lowest BCUT2D eigenvalue weighted by atomic mass is 10.0. The SMILES string of the molecule is [2H]OCCC1CCCCN1C(=O)OC(C)CC. The summed E-state index contributed by atoms with van der Waals surface area (Å²) in [5.74, 6) is 0. The number of nitrogens with zero attached hydrogens (tertiary/aromatic N) is 1. The van der Waals surface area contributed by atoms with Gasteiger partial charge < -0.3 is 14.7 Å². The minimum Gasteiger partial charge on any atom is -0.446 e. The zero-order valence-corrected chi connectivity index (χ0v) is 10.3. The second-order valence-corrected chi connectivity index (χ2v) is 4.44. The minimum absolute atomic E-state index is 0.0301. The number of likely N-dealkylation sites (tertiary alicyclic amines) is 1. The maximum atomic E-state index is 12.0. The fraction of sp³-hybridized carbons (Fsp3) is 0.917. The van der Waals surface area contributed by atoms with Gasteiger partial charge in [0.2, 0.25) is 1.43 Å². The van der Waals surface area contributed by atoms with Gasteiger partial charge in [-0.05, 0) is 39.0 Å². The highest BCUT2D eigenvalue weighted by atomic mass is 16.6. The van der Waals surface area contributed by atoms with Gasteiger partial charge in [0.05, 0.1) is 0 Å². The molecule has 1 amide bonds. The molecular formula is C12H23NO3. The van der Waals surface area contributed by atoms with Gasteiger partial charge in [-0.25, -0.2) is 4.79 Å². The van der Waals surface area contributed by atoms with Gasteiger partial charge in [-0.2, -0.15) is 0 Å². The Hall–Kier alpha value is -0.770. The van der Waals surface area contributed by atoms with Crippen molar-refractivity contribution in [3.63, 3.8) is 0 Å². The van der Waals surface area contributed by atoms with E-state index in [-0.39, 0.29) is 18.2 Å². The number of carbonyl (C=O) groups is 1. The third-order valence-electron chi connectivity index (χ3n) is 3.19. The van der Waals surface area contributed by atoms with Crippen molar-refractivity contribution in [3.05, 3.63) is 0 Å². The Labute approximate surface area is 99.1 Å². The number of aliphatic hydroxyl groups excluding tert-OH is 1. The number of carbonyl (C=O) groups excluding carboxylic acids is 1. The van der Waals surface area contributed by atoms with Crippen LogP contribution >= 0.6 is 0 Å². The van der Waals surface area contributed by atoms with E-state index in [0.29, 0.717) is 6.61 Å². The molecule has 0 aliphatic carbocycles. The summed E-state index contributed by atoms with van der Waals surface area (Å²) in [6.07, 6.45) is 4.47. The van der Waals surface area contributed by atoms with Crippen LogP contribution in [-0.2, 0) is 4.74 Å². The Morgan fingerprint density at radius 2 is 2.50 bits per heavy atom. The topological polar surface area (TPSA) is 49.8 Å². The summed E-state index contributed by atoms with van der Waals surface area (Å²) in [5, 5.41) is 4.35. The Morgan fingerprint density at radius 1 is 1.69 bits per heavy atom. The van der Waals surface area contributed by atoms with E-state index in [1.807, 2.05) is 13.8 Å². The van der Waals surface area contributed by atoms with E-state index >= 15 is 0 Å². The molecule has 1 saturated heterocycles. The zero-order chi connectivity index (χ0) is 12.7. The standard InChI is InChI=1S/C12H23NO3/c1-3-10(2)16-12(15)13-8-5-4-6-11(13)7-9-14/h10-11,14H,3-9H2,1-2H3/i14D. The second kappa shape index (κ2) is 6.74. The average Bonchev–Trinajstić information content (AvgIpc) is 2.36. The van der Waals surface area contributed by atoms with Crippen molar-refractivity contribution >= 4 is 6.09 Å². The van der Waals surface area contributed by atoms with Crippen LogP contribution in [0.4, 0.5) is 4.79 Å². The fourth-order valence-electron chi connectivity index (χ4n) is 2.00. The number of amides is 1. The monoisotopic (exact) mass is 230 g/mol. The molecule has 1 aliphatic rings. The molecule has 0 bridgehead atoms. The summed E-state index contributed by atoms with van der Waals surface area (Å²) >= 11 is 0. The molecule has 0 spiro atoms. The maximum absolute atomic E-state index is 12.0. The summed E-state index contributed by atoms with van der Waals surface area (Å²) in [5.41, 5.74) is 0. The molecule has 1 N–H and O–H groups in total. The first-order valence-electron chi connectivity index (χ1n) is 6.65. The van der Waals surface area contributed by atoms with Crippen molar-refractivity contribution in [2.24, 2.45) is 0 Å². The summed E-state index contributed by atoms with van der Waals surface area (Å²) in [6.45, 7) is 5.04. The van der Waals surface area contributed by atoms with E-state index in [1.165, 1.54) is 0 Å². The Morgan fingerprint density at radius 3 is 3.19 bits per heavy atom. The van der Waals surface area contributed by atoms with Crippen molar-refractivity contribution in [3.8, 4) is 0 Å². The molecule has 2 unspecified atom stereocenters. The quantitative estimate of drug-likeness (QED) is 0.787. The van der Waals surface area contributed by atoms with Crippen LogP contribution in [0.1, 0.15) is 46.0 Å². The molecule has 2 atom stereocenters. The molecule has 0 aromatic heterocycles. The summed E-state index contributed by atoms with van der Waals surface area (Å²) in [4.78, 5) is 13.8. The number of hydrogen-bond donors (Lipinski definition) is 1. The highest BCUT2D eigenvalue weighted by molar-refractivity contribution is 5.68. The van der Waals surface area contributed by atoms with Crippen molar-refractivity contribution in [2.75, 3.05) is 13.2 Å². The van der Waals surface area contributed by atoms with Gasteiger partial charge in [-0.1, -0.05) is 6.92 Å². The van der Waals surface area contributed by atoms with Crippen LogP contribution in [0, 0.1) is 0 Å². The van der Waals surface area contributed by atoms with Crippen LogP contribution < -0.4 is 0 Å². The van der Waals surface area contributed by atoms with E-state index in [0.717, 1.165) is 38.6 Å². The molecule has 16 heavy (non-hydrogen) atoms. The first kappa shape index (κ1) is 11.7. The van der Waals surface area contributed by atoms with Gasteiger partial charge in [-0.15, -0.1) is 0 Å². The lowest BCUT2D eigenvalue weighted by Crippen LogP contribution is -2.45. The van der Waals surface area contributed by atoms with Crippen LogP contribution in [0.25, 0.3) is 0 Å². The predicted molar refractivity (Wildman–Crippen MR) is 62.3 cm³/mol. The van der Waals surface area contributed by atoms with E-state index < -0.39 is 0 Å². The van der Waals surface area contributed by atoms with Gasteiger partial charge in [0.15, 0.2) is 0 Å². The van der Waals surface area contributed by atoms with E-state index in [4.69, 9.17) is 6.17 Å². The van der Waals surface area contributed by atoms with Gasteiger partial charge in [0.1, 0.15) is 6.10 Å². The number of rotatable bonds is 5. The molecule has 0 aromatic carbocycles. The Kier molecular flexibility index (Phi) is 4.93. The van der Waals surface area contributed by atoms with Crippen LogP contribution in [0.3, 0.4) is 0 Å². The first-order valence-corrected chi connectivity index (χ1v) is 6.24. The molecule has 4 heteroatoms.